The smallest absolute Gasteiger partial charge is 0.271 e. The van der Waals surface area contributed by atoms with Gasteiger partial charge in [0.25, 0.3) is 11.6 Å². The Morgan fingerprint density at radius 2 is 1.88 bits per heavy atom. The SMILES string of the molecule is O=C(Nc1cccc([N+](=O)[O-])c1)c1cccc(CN2CCCC2)c1. The predicted molar refractivity (Wildman–Crippen MR) is 92.0 cm³/mol. The molecule has 3 rings (SSSR count). The molecule has 0 radical (unpaired) electrons. The number of carbonyl (C=O) groups excluding carboxylic acids is 1. The Morgan fingerprint density at radius 1 is 1.12 bits per heavy atom. The van der Waals surface area contributed by atoms with Crippen molar-refractivity contribution in [2.45, 2.75) is 19.4 Å². The molecule has 0 aromatic heterocycles. The number of anilines is 1. The largest absolute Gasteiger partial charge is 0.322 e. The highest BCUT2D eigenvalue weighted by atomic mass is 16.6. The summed E-state index contributed by atoms with van der Waals surface area (Å²) in [5.74, 6) is -0.265. The molecule has 0 saturated carbocycles. The van der Waals surface area contributed by atoms with Crippen LogP contribution in [0, 0.1) is 10.1 Å². The van der Waals surface area contributed by atoms with Crippen LogP contribution in [0.3, 0.4) is 0 Å². The van der Waals surface area contributed by atoms with Crippen LogP contribution in [0.1, 0.15) is 28.8 Å². The number of nitrogens with zero attached hydrogens (tertiary/aromatic N) is 2. The number of nitrogens with one attached hydrogen (secondary N) is 1. The van der Waals surface area contributed by atoms with Gasteiger partial charge in [-0.25, -0.2) is 0 Å². The van der Waals surface area contributed by atoms with Crippen LogP contribution in [-0.2, 0) is 6.54 Å². The standard InChI is InChI=1S/C18H19N3O3/c22-18(19-16-7-4-8-17(12-16)21(23)24)15-6-3-5-14(11-15)13-20-9-1-2-10-20/h3-8,11-12H,1-2,9-10,13H2,(H,19,22). The number of rotatable bonds is 5. The van der Waals surface area contributed by atoms with E-state index in [0.29, 0.717) is 11.3 Å². The zero-order valence-corrected chi connectivity index (χ0v) is 13.3. The second-order valence-electron chi connectivity index (χ2n) is 5.95. The molecule has 0 atom stereocenters. The third-order valence-corrected chi connectivity index (χ3v) is 4.11. The third-order valence-electron chi connectivity index (χ3n) is 4.11. The molecule has 124 valence electrons. The molecule has 24 heavy (non-hydrogen) atoms. The highest BCUT2D eigenvalue weighted by Crippen LogP contribution is 2.19. The summed E-state index contributed by atoms with van der Waals surface area (Å²) in [7, 11) is 0. The molecule has 1 amide bonds. The van der Waals surface area contributed by atoms with Gasteiger partial charge in [-0.2, -0.15) is 0 Å². The lowest BCUT2D eigenvalue weighted by Gasteiger charge is -2.15. The highest BCUT2D eigenvalue weighted by Gasteiger charge is 2.14. The number of hydrogen-bond donors (Lipinski definition) is 1. The molecule has 1 N–H and O–H groups in total. The van der Waals surface area contributed by atoms with Crippen LogP contribution in [0.5, 0.6) is 0 Å². The van der Waals surface area contributed by atoms with Gasteiger partial charge in [0.05, 0.1) is 4.92 Å². The first kappa shape index (κ1) is 16.1. The molecule has 2 aromatic rings. The number of carbonyl (C=O) groups is 1. The van der Waals surface area contributed by atoms with E-state index < -0.39 is 4.92 Å². The van der Waals surface area contributed by atoms with Crippen molar-refractivity contribution in [1.82, 2.24) is 4.90 Å². The fraction of sp³-hybridized carbons (Fsp3) is 0.278. The summed E-state index contributed by atoms with van der Waals surface area (Å²) in [6, 6.07) is 13.5. The van der Waals surface area contributed by atoms with E-state index in [0.717, 1.165) is 25.2 Å². The zero-order valence-electron chi connectivity index (χ0n) is 13.3. The van der Waals surface area contributed by atoms with E-state index in [4.69, 9.17) is 0 Å². The van der Waals surface area contributed by atoms with Crippen molar-refractivity contribution >= 4 is 17.3 Å². The van der Waals surface area contributed by atoms with Crippen LogP contribution in [0.2, 0.25) is 0 Å². The van der Waals surface area contributed by atoms with Crippen molar-refractivity contribution in [1.29, 1.82) is 0 Å². The zero-order chi connectivity index (χ0) is 16.9. The van der Waals surface area contributed by atoms with Gasteiger partial charge in [0.1, 0.15) is 0 Å². The molecule has 1 heterocycles. The van der Waals surface area contributed by atoms with Crippen molar-refractivity contribution < 1.29 is 9.72 Å². The van der Waals surface area contributed by atoms with Gasteiger partial charge in [0.15, 0.2) is 0 Å². The van der Waals surface area contributed by atoms with Crippen molar-refractivity contribution in [2.24, 2.45) is 0 Å². The van der Waals surface area contributed by atoms with Gasteiger partial charge in [-0.15, -0.1) is 0 Å². The van der Waals surface area contributed by atoms with Crippen molar-refractivity contribution in [3.8, 4) is 0 Å². The van der Waals surface area contributed by atoms with Crippen LogP contribution in [0.4, 0.5) is 11.4 Å². The molecular formula is C18H19N3O3. The van der Waals surface area contributed by atoms with Gasteiger partial charge in [-0.05, 0) is 49.7 Å². The van der Waals surface area contributed by atoms with E-state index in [-0.39, 0.29) is 11.6 Å². The topological polar surface area (TPSA) is 75.5 Å². The molecule has 1 saturated heterocycles. The number of likely N-dealkylation sites (tertiary alicyclic amines) is 1. The molecular weight excluding hydrogens is 306 g/mol. The van der Waals surface area contributed by atoms with E-state index in [2.05, 4.69) is 10.2 Å². The van der Waals surface area contributed by atoms with Gasteiger partial charge in [0.2, 0.25) is 0 Å². The number of non-ortho nitro benzene ring substituents is 1. The lowest BCUT2D eigenvalue weighted by molar-refractivity contribution is -0.384. The lowest BCUT2D eigenvalue weighted by Crippen LogP contribution is -2.19. The summed E-state index contributed by atoms with van der Waals surface area (Å²) in [6.45, 7) is 3.05. The van der Waals surface area contributed by atoms with Crippen molar-refractivity contribution in [2.75, 3.05) is 18.4 Å². The minimum atomic E-state index is -0.480. The quantitative estimate of drug-likeness (QED) is 0.675. The molecule has 1 aliphatic rings. The second-order valence-corrected chi connectivity index (χ2v) is 5.95. The summed E-state index contributed by atoms with van der Waals surface area (Å²) in [6.07, 6.45) is 2.46. The van der Waals surface area contributed by atoms with Crippen molar-refractivity contribution in [3.05, 3.63) is 69.8 Å². The number of benzene rings is 2. The lowest BCUT2D eigenvalue weighted by atomic mass is 10.1. The Bertz CT molecular complexity index is 755. The Kier molecular flexibility index (Phi) is 4.86. The number of amides is 1. The molecule has 0 spiro atoms. The molecule has 0 bridgehead atoms. The van der Waals surface area contributed by atoms with E-state index in [1.165, 1.54) is 25.0 Å². The molecule has 0 unspecified atom stereocenters. The van der Waals surface area contributed by atoms with Crippen LogP contribution < -0.4 is 5.32 Å². The maximum Gasteiger partial charge on any atom is 0.271 e. The maximum absolute atomic E-state index is 12.4. The summed E-state index contributed by atoms with van der Waals surface area (Å²) >= 11 is 0. The fourth-order valence-corrected chi connectivity index (χ4v) is 2.91. The van der Waals surface area contributed by atoms with Crippen LogP contribution in [-0.4, -0.2) is 28.8 Å². The van der Waals surface area contributed by atoms with Gasteiger partial charge < -0.3 is 5.32 Å². The van der Waals surface area contributed by atoms with Crippen LogP contribution in [0.25, 0.3) is 0 Å². The Balaban J connectivity index is 1.70. The monoisotopic (exact) mass is 325 g/mol. The van der Waals surface area contributed by atoms with E-state index >= 15 is 0 Å². The third kappa shape index (κ3) is 3.97. The van der Waals surface area contributed by atoms with E-state index in [1.54, 1.807) is 18.2 Å². The fourth-order valence-electron chi connectivity index (χ4n) is 2.91. The van der Waals surface area contributed by atoms with Crippen LogP contribution in [0.15, 0.2) is 48.5 Å². The predicted octanol–water partition coefficient (Wildman–Crippen LogP) is 3.44. The Labute approximate surface area is 140 Å². The van der Waals surface area contributed by atoms with Gasteiger partial charge in [-0.1, -0.05) is 18.2 Å². The number of nitro groups is 1. The van der Waals surface area contributed by atoms with Crippen molar-refractivity contribution in [3.63, 3.8) is 0 Å². The average molecular weight is 325 g/mol. The van der Waals surface area contributed by atoms with Gasteiger partial charge in [0, 0.05) is 29.9 Å². The highest BCUT2D eigenvalue weighted by molar-refractivity contribution is 6.04. The number of nitro benzene ring substituents is 1. The molecule has 0 aliphatic carbocycles. The first-order valence-corrected chi connectivity index (χ1v) is 7.99. The summed E-state index contributed by atoms with van der Waals surface area (Å²) in [4.78, 5) is 25.1. The molecule has 6 heteroatoms. The summed E-state index contributed by atoms with van der Waals surface area (Å²) in [5.41, 5.74) is 2.02. The normalized spacial score (nSPS) is 14.5. The summed E-state index contributed by atoms with van der Waals surface area (Å²) < 4.78 is 0. The number of hydrogen-bond acceptors (Lipinski definition) is 4. The van der Waals surface area contributed by atoms with E-state index in [1.807, 2.05) is 18.2 Å². The Hall–Kier alpha value is -2.73. The average Bonchev–Trinajstić information content (AvgIpc) is 3.08. The first-order valence-electron chi connectivity index (χ1n) is 7.99. The van der Waals surface area contributed by atoms with Gasteiger partial charge in [-0.3, -0.25) is 19.8 Å². The summed E-state index contributed by atoms with van der Waals surface area (Å²) in [5, 5.41) is 13.5. The Morgan fingerprint density at radius 3 is 2.62 bits per heavy atom. The molecule has 1 aliphatic heterocycles. The minimum Gasteiger partial charge on any atom is -0.322 e. The first-order chi connectivity index (χ1) is 11.6. The molecule has 2 aromatic carbocycles. The molecule has 1 fully saturated rings. The van der Waals surface area contributed by atoms with E-state index in [9.17, 15) is 14.9 Å². The van der Waals surface area contributed by atoms with Gasteiger partial charge >= 0.3 is 0 Å². The minimum absolute atomic E-state index is 0.0458. The van der Waals surface area contributed by atoms with Crippen LogP contribution >= 0.6 is 0 Å². The maximum atomic E-state index is 12.4. The molecule has 6 nitrogen and oxygen atoms in total. The second kappa shape index (κ2) is 7.23.